The Morgan fingerprint density at radius 2 is 2.50 bits per heavy atom. The first kappa shape index (κ1) is 10.5. The molecule has 14 heavy (non-hydrogen) atoms. The second-order valence-electron chi connectivity index (χ2n) is 2.65. The van der Waals surface area contributed by atoms with E-state index in [0.717, 1.165) is 0 Å². The van der Waals surface area contributed by atoms with E-state index < -0.39 is 5.97 Å². The zero-order valence-corrected chi connectivity index (χ0v) is 7.86. The average molecular weight is 196 g/mol. The molecular weight excluding hydrogens is 184 g/mol. The normalized spacial score (nSPS) is 9.79. The molecule has 0 amide bonds. The third-order valence-electron chi connectivity index (χ3n) is 1.62. The van der Waals surface area contributed by atoms with Crippen molar-refractivity contribution in [2.75, 3.05) is 25.6 Å². The van der Waals surface area contributed by atoms with E-state index in [1.54, 1.807) is 7.11 Å². The van der Waals surface area contributed by atoms with Crippen LogP contribution in [-0.2, 0) is 4.74 Å². The fourth-order valence-corrected chi connectivity index (χ4v) is 0.941. The third-order valence-corrected chi connectivity index (χ3v) is 1.62. The molecule has 76 valence electrons. The van der Waals surface area contributed by atoms with Crippen LogP contribution in [0.3, 0.4) is 0 Å². The quantitative estimate of drug-likeness (QED) is 0.683. The number of anilines is 1. The number of carbonyl (C=O) groups is 1. The van der Waals surface area contributed by atoms with Crippen LogP contribution in [0.1, 0.15) is 10.4 Å². The fraction of sp³-hybridized carbons (Fsp3) is 0.333. The minimum Gasteiger partial charge on any atom is -0.478 e. The van der Waals surface area contributed by atoms with Crippen LogP contribution in [0.4, 0.5) is 5.82 Å². The lowest BCUT2D eigenvalue weighted by Gasteiger charge is -2.04. The van der Waals surface area contributed by atoms with E-state index in [1.165, 1.54) is 18.3 Å². The first-order valence-corrected chi connectivity index (χ1v) is 4.16. The standard InChI is InChI=1S/C9H12N2O3/c1-14-5-4-11-8-6-7(9(12)13)2-3-10-8/h2-3,6H,4-5H2,1H3,(H,10,11)(H,12,13). The molecule has 2 N–H and O–H groups in total. The van der Waals surface area contributed by atoms with Crippen molar-refractivity contribution >= 4 is 11.8 Å². The first-order valence-electron chi connectivity index (χ1n) is 4.16. The first-order chi connectivity index (χ1) is 6.74. The molecule has 1 heterocycles. The lowest BCUT2D eigenvalue weighted by atomic mass is 10.2. The summed E-state index contributed by atoms with van der Waals surface area (Å²) in [5.41, 5.74) is 0.222. The zero-order chi connectivity index (χ0) is 10.4. The summed E-state index contributed by atoms with van der Waals surface area (Å²) in [4.78, 5) is 14.6. The Labute approximate surface area is 81.7 Å². The lowest BCUT2D eigenvalue weighted by molar-refractivity contribution is 0.0697. The van der Waals surface area contributed by atoms with Gasteiger partial charge in [-0.3, -0.25) is 0 Å². The molecule has 0 unspecified atom stereocenters. The second-order valence-corrected chi connectivity index (χ2v) is 2.65. The molecule has 0 fully saturated rings. The number of methoxy groups -OCH3 is 1. The number of aromatic nitrogens is 1. The summed E-state index contributed by atoms with van der Waals surface area (Å²) >= 11 is 0. The van der Waals surface area contributed by atoms with Crippen LogP contribution < -0.4 is 5.32 Å². The second kappa shape index (κ2) is 5.18. The zero-order valence-electron chi connectivity index (χ0n) is 7.86. The Morgan fingerprint density at radius 1 is 1.71 bits per heavy atom. The van der Waals surface area contributed by atoms with E-state index in [0.29, 0.717) is 19.0 Å². The van der Waals surface area contributed by atoms with Gasteiger partial charge in [0.15, 0.2) is 0 Å². The van der Waals surface area contributed by atoms with Gasteiger partial charge in [-0.05, 0) is 12.1 Å². The number of hydrogen-bond acceptors (Lipinski definition) is 4. The summed E-state index contributed by atoms with van der Waals surface area (Å²) in [5.74, 6) is -0.413. The highest BCUT2D eigenvalue weighted by Gasteiger charge is 2.02. The minimum absolute atomic E-state index is 0.222. The maximum atomic E-state index is 10.6. The van der Waals surface area contributed by atoms with Crippen molar-refractivity contribution in [1.82, 2.24) is 4.98 Å². The SMILES string of the molecule is COCCNc1cc(C(=O)O)ccn1. The topological polar surface area (TPSA) is 71.5 Å². The van der Waals surface area contributed by atoms with Crippen LogP contribution in [0.15, 0.2) is 18.3 Å². The number of ether oxygens (including phenoxy) is 1. The molecule has 5 nitrogen and oxygen atoms in total. The average Bonchev–Trinajstić information content (AvgIpc) is 2.19. The van der Waals surface area contributed by atoms with Crippen LogP contribution in [0, 0.1) is 0 Å². The van der Waals surface area contributed by atoms with E-state index in [2.05, 4.69) is 10.3 Å². The lowest BCUT2D eigenvalue weighted by Crippen LogP contribution is -2.09. The Kier molecular flexibility index (Phi) is 3.87. The molecule has 1 aromatic rings. The molecule has 0 radical (unpaired) electrons. The van der Waals surface area contributed by atoms with E-state index in [4.69, 9.17) is 9.84 Å². The molecule has 0 saturated heterocycles. The number of carboxylic acids is 1. The molecule has 0 spiro atoms. The molecule has 1 rings (SSSR count). The fourth-order valence-electron chi connectivity index (χ4n) is 0.941. The highest BCUT2D eigenvalue weighted by Crippen LogP contribution is 2.05. The van der Waals surface area contributed by atoms with Crippen molar-refractivity contribution in [2.45, 2.75) is 0 Å². The highest BCUT2D eigenvalue weighted by atomic mass is 16.5. The summed E-state index contributed by atoms with van der Waals surface area (Å²) in [6, 6.07) is 2.93. The van der Waals surface area contributed by atoms with E-state index >= 15 is 0 Å². The number of aromatic carboxylic acids is 1. The van der Waals surface area contributed by atoms with Gasteiger partial charge in [-0.2, -0.15) is 0 Å². The number of hydrogen-bond donors (Lipinski definition) is 2. The number of nitrogens with one attached hydrogen (secondary N) is 1. The van der Waals surface area contributed by atoms with Gasteiger partial charge in [0.2, 0.25) is 0 Å². The van der Waals surface area contributed by atoms with E-state index in [-0.39, 0.29) is 5.56 Å². The monoisotopic (exact) mass is 196 g/mol. The van der Waals surface area contributed by atoms with Crippen LogP contribution in [-0.4, -0.2) is 36.3 Å². The predicted molar refractivity (Wildman–Crippen MR) is 51.6 cm³/mol. The summed E-state index contributed by atoms with van der Waals surface area (Å²) in [7, 11) is 1.60. The number of pyridine rings is 1. The smallest absolute Gasteiger partial charge is 0.335 e. The number of carboxylic acid groups (broad SMARTS) is 1. The van der Waals surface area contributed by atoms with Crippen molar-refractivity contribution in [1.29, 1.82) is 0 Å². The number of rotatable bonds is 5. The van der Waals surface area contributed by atoms with Crippen molar-refractivity contribution < 1.29 is 14.6 Å². The van der Waals surface area contributed by atoms with Gasteiger partial charge >= 0.3 is 5.97 Å². The van der Waals surface area contributed by atoms with Crippen molar-refractivity contribution in [3.8, 4) is 0 Å². The van der Waals surface area contributed by atoms with Gasteiger partial charge in [-0.1, -0.05) is 0 Å². The largest absolute Gasteiger partial charge is 0.478 e. The van der Waals surface area contributed by atoms with Crippen molar-refractivity contribution in [3.63, 3.8) is 0 Å². The minimum atomic E-state index is -0.956. The van der Waals surface area contributed by atoms with Gasteiger partial charge < -0.3 is 15.2 Å². The maximum absolute atomic E-state index is 10.6. The summed E-state index contributed by atoms with van der Waals surface area (Å²) in [5, 5.41) is 11.6. The maximum Gasteiger partial charge on any atom is 0.335 e. The van der Waals surface area contributed by atoms with Crippen LogP contribution in [0.5, 0.6) is 0 Å². The van der Waals surface area contributed by atoms with E-state index in [1.807, 2.05) is 0 Å². The van der Waals surface area contributed by atoms with Gasteiger partial charge in [-0.15, -0.1) is 0 Å². The molecule has 0 aromatic carbocycles. The predicted octanol–water partition coefficient (Wildman–Crippen LogP) is 0.838. The molecular formula is C9H12N2O3. The van der Waals surface area contributed by atoms with E-state index in [9.17, 15) is 4.79 Å². The molecule has 0 bridgehead atoms. The van der Waals surface area contributed by atoms with Crippen LogP contribution in [0.2, 0.25) is 0 Å². The molecule has 0 aliphatic rings. The summed E-state index contributed by atoms with van der Waals surface area (Å²) in [6.45, 7) is 1.16. The van der Waals surface area contributed by atoms with Crippen molar-refractivity contribution in [3.05, 3.63) is 23.9 Å². The van der Waals surface area contributed by atoms with Crippen LogP contribution in [0.25, 0.3) is 0 Å². The van der Waals surface area contributed by atoms with Crippen molar-refractivity contribution in [2.24, 2.45) is 0 Å². The third kappa shape index (κ3) is 3.02. The summed E-state index contributed by atoms with van der Waals surface area (Å²) < 4.78 is 4.83. The van der Waals surface area contributed by atoms with Gasteiger partial charge in [0.05, 0.1) is 12.2 Å². The van der Waals surface area contributed by atoms with Gasteiger partial charge in [0.25, 0.3) is 0 Å². The highest BCUT2D eigenvalue weighted by molar-refractivity contribution is 5.88. The van der Waals surface area contributed by atoms with Gasteiger partial charge in [0, 0.05) is 19.9 Å². The molecule has 1 aromatic heterocycles. The molecule has 0 aliphatic carbocycles. The Hall–Kier alpha value is -1.62. The molecule has 0 saturated carbocycles. The molecule has 0 atom stereocenters. The van der Waals surface area contributed by atoms with Gasteiger partial charge in [0.1, 0.15) is 5.82 Å². The van der Waals surface area contributed by atoms with Crippen LogP contribution >= 0.6 is 0 Å². The Morgan fingerprint density at radius 3 is 3.14 bits per heavy atom. The Balaban J connectivity index is 2.59. The van der Waals surface area contributed by atoms with Gasteiger partial charge in [-0.25, -0.2) is 9.78 Å². The molecule has 0 aliphatic heterocycles. The summed E-state index contributed by atoms with van der Waals surface area (Å²) in [6.07, 6.45) is 1.46. The number of nitrogens with zero attached hydrogens (tertiary/aromatic N) is 1. The molecule has 5 heteroatoms. The Bertz CT molecular complexity index is 315.